The van der Waals surface area contributed by atoms with Crippen LogP contribution in [0.5, 0.6) is 0 Å². The second-order valence-electron chi connectivity index (χ2n) is 6.83. The van der Waals surface area contributed by atoms with Gasteiger partial charge in [0.05, 0.1) is 6.54 Å². The fraction of sp³-hybridized carbons (Fsp3) is 0.167. The number of aryl methyl sites for hydroxylation is 1. The van der Waals surface area contributed by atoms with Gasteiger partial charge in [0.25, 0.3) is 0 Å². The molecular formula is C24H24N2O2S. The Morgan fingerprint density at radius 1 is 0.897 bits per heavy atom. The molecule has 0 aliphatic heterocycles. The Balaban J connectivity index is 1.70. The summed E-state index contributed by atoms with van der Waals surface area (Å²) in [7, 11) is 1.67. The minimum Gasteiger partial charge on any atom is -0.335 e. The number of rotatable bonds is 7. The highest BCUT2D eigenvalue weighted by Gasteiger charge is 2.26. The van der Waals surface area contributed by atoms with E-state index in [9.17, 15) is 9.59 Å². The zero-order chi connectivity index (χ0) is 20.6. The normalized spacial score (nSPS) is 11.5. The van der Waals surface area contributed by atoms with Crippen molar-refractivity contribution >= 4 is 29.3 Å². The minimum atomic E-state index is -0.421. The number of nitrogens with zero attached hydrogens (tertiary/aromatic N) is 1. The number of anilines is 1. The maximum absolute atomic E-state index is 13.2. The van der Waals surface area contributed by atoms with Gasteiger partial charge in [-0.2, -0.15) is 0 Å². The first-order valence-electron chi connectivity index (χ1n) is 9.41. The number of thioether (sulfide) groups is 1. The molecule has 1 N–H and O–H groups in total. The molecule has 0 aliphatic carbocycles. The first kappa shape index (κ1) is 20.7. The molecule has 148 valence electrons. The number of likely N-dealkylation sites (N-methyl/N-ethyl adjacent to an activating group) is 1. The highest BCUT2D eigenvalue weighted by Crippen LogP contribution is 2.36. The van der Waals surface area contributed by atoms with Gasteiger partial charge in [-0.15, -0.1) is 11.8 Å². The van der Waals surface area contributed by atoms with Crippen LogP contribution >= 0.6 is 11.8 Å². The number of amides is 2. The van der Waals surface area contributed by atoms with Crippen molar-refractivity contribution in [2.75, 3.05) is 18.9 Å². The molecule has 2 amide bonds. The third-order valence-corrected chi connectivity index (χ3v) is 5.67. The van der Waals surface area contributed by atoms with Crippen molar-refractivity contribution in [3.05, 3.63) is 96.1 Å². The number of hydrogen-bond donors (Lipinski definition) is 1. The zero-order valence-electron chi connectivity index (χ0n) is 16.5. The van der Waals surface area contributed by atoms with Crippen LogP contribution in [0.3, 0.4) is 0 Å². The number of carbonyl (C=O) groups is 2. The predicted molar refractivity (Wildman–Crippen MR) is 119 cm³/mol. The lowest BCUT2D eigenvalue weighted by molar-refractivity contribution is -0.132. The molecule has 3 aromatic rings. The van der Waals surface area contributed by atoms with Gasteiger partial charge in [-0.05, 0) is 36.8 Å². The van der Waals surface area contributed by atoms with Crippen molar-refractivity contribution in [1.82, 2.24) is 4.90 Å². The number of benzene rings is 3. The Labute approximate surface area is 175 Å². The monoisotopic (exact) mass is 404 g/mol. The van der Waals surface area contributed by atoms with E-state index >= 15 is 0 Å². The summed E-state index contributed by atoms with van der Waals surface area (Å²) >= 11 is 1.49. The molecule has 3 rings (SSSR count). The van der Waals surface area contributed by atoms with Gasteiger partial charge in [0.15, 0.2) is 0 Å². The highest BCUT2D eigenvalue weighted by molar-refractivity contribution is 8.00. The van der Waals surface area contributed by atoms with E-state index in [1.54, 1.807) is 7.05 Å². The van der Waals surface area contributed by atoms with Crippen LogP contribution in [-0.4, -0.2) is 30.3 Å². The largest absolute Gasteiger partial charge is 0.335 e. The number of hydrogen-bond acceptors (Lipinski definition) is 3. The molecule has 0 bridgehead atoms. The predicted octanol–water partition coefficient (Wildman–Crippen LogP) is 4.93. The van der Waals surface area contributed by atoms with Gasteiger partial charge in [-0.1, -0.05) is 66.2 Å². The molecule has 4 nitrogen and oxygen atoms in total. The van der Waals surface area contributed by atoms with Gasteiger partial charge in [-0.25, -0.2) is 0 Å². The summed E-state index contributed by atoms with van der Waals surface area (Å²) < 4.78 is 0. The molecule has 0 aliphatic rings. The Bertz CT molecular complexity index is 944. The van der Waals surface area contributed by atoms with Crippen LogP contribution in [0.25, 0.3) is 0 Å². The SMILES string of the molecule is Cc1ccc(NC(=O)CN(C)C(=O)[C@H](Sc2ccccc2)c2ccccc2)cc1. The summed E-state index contributed by atoms with van der Waals surface area (Å²) in [5, 5.41) is 2.42. The van der Waals surface area contributed by atoms with Crippen molar-refractivity contribution in [2.24, 2.45) is 0 Å². The lowest BCUT2D eigenvalue weighted by Gasteiger charge is -2.23. The van der Waals surface area contributed by atoms with Gasteiger partial charge < -0.3 is 10.2 Å². The van der Waals surface area contributed by atoms with E-state index in [0.29, 0.717) is 0 Å². The Morgan fingerprint density at radius 2 is 1.48 bits per heavy atom. The Kier molecular flexibility index (Phi) is 7.09. The summed E-state index contributed by atoms with van der Waals surface area (Å²) in [5.74, 6) is -0.328. The van der Waals surface area contributed by atoms with Gasteiger partial charge >= 0.3 is 0 Å². The third kappa shape index (κ3) is 5.96. The van der Waals surface area contributed by atoms with Crippen LogP contribution in [0, 0.1) is 6.92 Å². The topological polar surface area (TPSA) is 49.4 Å². The fourth-order valence-corrected chi connectivity index (χ4v) is 4.02. The summed E-state index contributed by atoms with van der Waals surface area (Å²) in [6.07, 6.45) is 0. The van der Waals surface area contributed by atoms with Crippen molar-refractivity contribution in [3.63, 3.8) is 0 Å². The lowest BCUT2D eigenvalue weighted by atomic mass is 10.1. The quantitative estimate of drug-likeness (QED) is 0.568. The van der Waals surface area contributed by atoms with Crippen LogP contribution in [0.2, 0.25) is 0 Å². The summed E-state index contributed by atoms with van der Waals surface area (Å²) in [6.45, 7) is 1.98. The smallest absolute Gasteiger partial charge is 0.243 e. The average molecular weight is 405 g/mol. The molecule has 5 heteroatoms. The first-order valence-corrected chi connectivity index (χ1v) is 10.3. The molecule has 0 aromatic heterocycles. The van der Waals surface area contributed by atoms with E-state index in [-0.39, 0.29) is 18.4 Å². The molecule has 0 saturated heterocycles. The van der Waals surface area contributed by atoms with Gasteiger partial charge in [-0.3, -0.25) is 9.59 Å². The molecule has 0 unspecified atom stereocenters. The third-order valence-electron chi connectivity index (χ3n) is 4.42. The zero-order valence-corrected chi connectivity index (χ0v) is 17.4. The summed E-state index contributed by atoms with van der Waals surface area (Å²) in [5.41, 5.74) is 2.76. The van der Waals surface area contributed by atoms with E-state index < -0.39 is 5.25 Å². The van der Waals surface area contributed by atoms with Gasteiger partial charge in [0.1, 0.15) is 5.25 Å². The highest BCUT2D eigenvalue weighted by atomic mass is 32.2. The Hall–Kier alpha value is -3.05. The minimum absolute atomic E-state index is 0.00854. The van der Waals surface area contributed by atoms with E-state index in [1.807, 2.05) is 91.9 Å². The second kappa shape index (κ2) is 9.94. The first-order chi connectivity index (χ1) is 14.0. The molecule has 0 radical (unpaired) electrons. The molecule has 0 heterocycles. The maximum Gasteiger partial charge on any atom is 0.243 e. The fourth-order valence-electron chi connectivity index (χ4n) is 2.85. The van der Waals surface area contributed by atoms with Crippen LogP contribution < -0.4 is 5.32 Å². The summed E-state index contributed by atoms with van der Waals surface area (Å²) in [4.78, 5) is 28.1. The molecule has 0 fully saturated rings. The van der Waals surface area contributed by atoms with E-state index in [4.69, 9.17) is 0 Å². The Morgan fingerprint density at radius 3 is 2.10 bits per heavy atom. The van der Waals surface area contributed by atoms with Crippen molar-refractivity contribution in [2.45, 2.75) is 17.1 Å². The molecule has 29 heavy (non-hydrogen) atoms. The number of carbonyl (C=O) groups excluding carboxylic acids is 2. The van der Waals surface area contributed by atoms with Crippen LogP contribution in [0.1, 0.15) is 16.4 Å². The van der Waals surface area contributed by atoms with E-state index in [0.717, 1.165) is 21.7 Å². The van der Waals surface area contributed by atoms with Gasteiger partial charge in [0.2, 0.25) is 11.8 Å². The van der Waals surface area contributed by atoms with Crippen LogP contribution in [-0.2, 0) is 9.59 Å². The van der Waals surface area contributed by atoms with Gasteiger partial charge in [0, 0.05) is 17.6 Å². The second-order valence-corrected chi connectivity index (χ2v) is 8.01. The molecule has 0 spiro atoms. The van der Waals surface area contributed by atoms with Crippen LogP contribution in [0.15, 0.2) is 89.8 Å². The number of nitrogens with one attached hydrogen (secondary N) is 1. The molecule has 0 saturated carbocycles. The van der Waals surface area contributed by atoms with Crippen LogP contribution in [0.4, 0.5) is 5.69 Å². The average Bonchev–Trinajstić information content (AvgIpc) is 2.74. The van der Waals surface area contributed by atoms with Crippen molar-refractivity contribution < 1.29 is 9.59 Å². The van der Waals surface area contributed by atoms with Crippen molar-refractivity contribution in [3.8, 4) is 0 Å². The maximum atomic E-state index is 13.2. The molecular weight excluding hydrogens is 380 g/mol. The summed E-state index contributed by atoms with van der Waals surface area (Å²) in [6, 6.07) is 27.1. The molecule has 1 atom stereocenters. The lowest BCUT2D eigenvalue weighted by Crippen LogP contribution is -2.37. The van der Waals surface area contributed by atoms with E-state index in [1.165, 1.54) is 16.7 Å². The molecule has 3 aromatic carbocycles. The van der Waals surface area contributed by atoms with Crippen molar-refractivity contribution in [1.29, 1.82) is 0 Å². The van der Waals surface area contributed by atoms with E-state index in [2.05, 4.69) is 5.32 Å². The standard InChI is InChI=1S/C24H24N2O2S/c1-18-13-15-20(16-14-18)25-22(27)17-26(2)24(28)23(19-9-5-3-6-10-19)29-21-11-7-4-8-12-21/h3-16,23H,17H2,1-2H3,(H,25,27)/t23-/m1/s1.